The van der Waals surface area contributed by atoms with E-state index in [1.165, 1.54) is 0 Å². The molecule has 35 heavy (non-hydrogen) atoms. The number of hydrogen-bond acceptors (Lipinski definition) is 4. The first kappa shape index (κ1) is 23.3. The van der Waals surface area contributed by atoms with E-state index in [2.05, 4.69) is 10.4 Å². The molecule has 0 fully saturated rings. The molecule has 6 nitrogen and oxygen atoms in total. The van der Waals surface area contributed by atoms with Gasteiger partial charge in [-0.15, -0.1) is 11.3 Å². The van der Waals surface area contributed by atoms with Crippen LogP contribution >= 0.6 is 22.9 Å². The van der Waals surface area contributed by atoms with Crippen LogP contribution in [0.1, 0.15) is 34.1 Å². The lowest BCUT2D eigenvalue weighted by Gasteiger charge is -2.43. The summed E-state index contributed by atoms with van der Waals surface area (Å²) in [4.78, 5) is 30.0. The van der Waals surface area contributed by atoms with Crippen LogP contribution in [0.3, 0.4) is 0 Å². The second kappa shape index (κ2) is 9.32. The molecule has 178 valence electrons. The average molecular weight is 505 g/mol. The van der Waals surface area contributed by atoms with Crippen LogP contribution in [0.5, 0.6) is 0 Å². The molecular formula is C27H25ClN4O2S. The summed E-state index contributed by atoms with van der Waals surface area (Å²) in [5, 5.41) is 10.3. The highest BCUT2D eigenvalue weighted by molar-refractivity contribution is 7.13. The lowest BCUT2D eigenvalue weighted by atomic mass is 9.94. The highest BCUT2D eigenvalue weighted by Crippen LogP contribution is 2.32. The molecule has 0 aliphatic carbocycles. The van der Waals surface area contributed by atoms with Gasteiger partial charge in [-0.2, -0.15) is 5.10 Å². The molecule has 8 heteroatoms. The van der Waals surface area contributed by atoms with Gasteiger partial charge < -0.3 is 10.2 Å². The van der Waals surface area contributed by atoms with E-state index in [4.69, 9.17) is 11.6 Å². The number of aryl methyl sites for hydroxylation is 1. The highest BCUT2D eigenvalue weighted by Gasteiger charge is 2.48. The number of fused-ring (bicyclic) bond motifs is 1. The number of thiophene rings is 1. The molecule has 1 aliphatic heterocycles. The summed E-state index contributed by atoms with van der Waals surface area (Å²) >= 11 is 7.63. The third kappa shape index (κ3) is 4.61. The maximum Gasteiger partial charge on any atom is 0.273 e. The summed E-state index contributed by atoms with van der Waals surface area (Å²) in [6.07, 6.45) is 0. The molecule has 2 amide bonds. The highest BCUT2D eigenvalue weighted by atomic mass is 35.5. The van der Waals surface area contributed by atoms with Crippen molar-refractivity contribution in [2.24, 2.45) is 0 Å². The molecule has 1 aliphatic rings. The van der Waals surface area contributed by atoms with E-state index in [-0.39, 0.29) is 24.9 Å². The van der Waals surface area contributed by atoms with Crippen molar-refractivity contribution >= 4 is 34.8 Å². The first-order valence-electron chi connectivity index (χ1n) is 11.4. The zero-order valence-corrected chi connectivity index (χ0v) is 21.1. The summed E-state index contributed by atoms with van der Waals surface area (Å²) in [7, 11) is 0. The van der Waals surface area contributed by atoms with E-state index >= 15 is 0 Å². The SMILES string of the molecule is Cc1ccc(CNC(=O)[C@]2(C)Cn3nc(-c4cccs4)cc3C(=O)N2Cc2ccc(Cl)cc2)cc1. The third-order valence-corrected chi connectivity index (χ3v) is 7.53. The summed E-state index contributed by atoms with van der Waals surface area (Å²) in [6.45, 7) is 4.75. The predicted octanol–water partition coefficient (Wildman–Crippen LogP) is 5.30. The molecule has 1 atom stereocenters. The molecule has 2 aromatic carbocycles. The molecule has 3 heterocycles. The van der Waals surface area contributed by atoms with Crippen LogP contribution in [0.25, 0.3) is 10.6 Å². The Labute approximate surface area is 213 Å². The number of carbonyl (C=O) groups is 2. The van der Waals surface area contributed by atoms with Gasteiger partial charge in [0.1, 0.15) is 16.9 Å². The number of aromatic nitrogens is 2. The average Bonchev–Trinajstić information content (AvgIpc) is 3.52. The zero-order chi connectivity index (χ0) is 24.6. The minimum absolute atomic E-state index is 0.223. The van der Waals surface area contributed by atoms with Gasteiger partial charge in [0.15, 0.2) is 0 Å². The molecule has 0 radical (unpaired) electrons. The smallest absolute Gasteiger partial charge is 0.273 e. The molecule has 0 unspecified atom stereocenters. The molecule has 4 aromatic rings. The van der Waals surface area contributed by atoms with E-state index in [0.29, 0.717) is 17.3 Å². The quantitative estimate of drug-likeness (QED) is 0.387. The summed E-state index contributed by atoms with van der Waals surface area (Å²) in [5.41, 5.74) is 3.13. The van der Waals surface area contributed by atoms with Gasteiger partial charge in [-0.25, -0.2) is 0 Å². The van der Waals surface area contributed by atoms with E-state index in [9.17, 15) is 9.59 Å². The Morgan fingerprint density at radius 2 is 1.83 bits per heavy atom. The number of rotatable bonds is 6. The van der Waals surface area contributed by atoms with E-state index < -0.39 is 5.54 Å². The molecule has 0 bridgehead atoms. The maximum absolute atomic E-state index is 13.8. The first-order chi connectivity index (χ1) is 16.8. The van der Waals surface area contributed by atoms with E-state index in [1.807, 2.05) is 66.9 Å². The fourth-order valence-corrected chi connectivity index (χ4v) is 5.09. The summed E-state index contributed by atoms with van der Waals surface area (Å²) < 4.78 is 1.67. The molecule has 0 saturated carbocycles. The van der Waals surface area contributed by atoms with Gasteiger partial charge in [0.2, 0.25) is 5.91 Å². The number of carbonyl (C=O) groups excluding carboxylic acids is 2. The van der Waals surface area contributed by atoms with Gasteiger partial charge in [-0.3, -0.25) is 14.3 Å². The number of benzene rings is 2. The fourth-order valence-electron chi connectivity index (χ4n) is 4.29. The van der Waals surface area contributed by atoms with Gasteiger partial charge in [0.05, 0.1) is 11.4 Å². The number of amides is 2. The lowest BCUT2D eigenvalue weighted by Crippen LogP contribution is -2.63. The number of halogens is 1. The Kier molecular flexibility index (Phi) is 6.21. The molecule has 0 saturated heterocycles. The lowest BCUT2D eigenvalue weighted by molar-refractivity contribution is -0.133. The van der Waals surface area contributed by atoms with Crippen molar-refractivity contribution in [2.45, 2.75) is 39.0 Å². The van der Waals surface area contributed by atoms with Crippen molar-refractivity contribution in [3.05, 3.63) is 99.5 Å². The van der Waals surface area contributed by atoms with Crippen LogP contribution in [-0.2, 0) is 24.4 Å². The van der Waals surface area contributed by atoms with Gasteiger partial charge in [-0.1, -0.05) is 59.6 Å². The van der Waals surface area contributed by atoms with E-state index in [1.54, 1.807) is 40.0 Å². The van der Waals surface area contributed by atoms with Crippen molar-refractivity contribution in [3.8, 4) is 10.6 Å². The molecule has 2 aromatic heterocycles. The Balaban J connectivity index is 1.47. The Morgan fingerprint density at radius 1 is 1.11 bits per heavy atom. The number of nitrogens with zero attached hydrogens (tertiary/aromatic N) is 3. The van der Waals surface area contributed by atoms with Crippen molar-refractivity contribution in [3.63, 3.8) is 0 Å². The van der Waals surface area contributed by atoms with Crippen LogP contribution in [0, 0.1) is 6.92 Å². The fraction of sp³-hybridized carbons (Fsp3) is 0.222. The minimum Gasteiger partial charge on any atom is -0.350 e. The third-order valence-electron chi connectivity index (χ3n) is 6.39. The Morgan fingerprint density at radius 3 is 2.51 bits per heavy atom. The van der Waals surface area contributed by atoms with Gasteiger partial charge in [0, 0.05) is 18.1 Å². The molecule has 5 rings (SSSR count). The molecule has 1 N–H and O–H groups in total. The van der Waals surface area contributed by atoms with Crippen molar-refractivity contribution in [1.82, 2.24) is 20.0 Å². The van der Waals surface area contributed by atoms with Crippen LogP contribution in [0.4, 0.5) is 0 Å². The van der Waals surface area contributed by atoms with Crippen LogP contribution in [0.2, 0.25) is 5.02 Å². The molecule has 0 spiro atoms. The summed E-state index contributed by atoms with van der Waals surface area (Å²) in [6, 6.07) is 21.1. The largest absolute Gasteiger partial charge is 0.350 e. The van der Waals surface area contributed by atoms with Crippen LogP contribution in [-0.4, -0.2) is 32.0 Å². The van der Waals surface area contributed by atoms with Crippen LogP contribution in [0.15, 0.2) is 72.1 Å². The normalized spacial score (nSPS) is 17.3. The standard InChI is InChI=1S/C27H25ClN4O2S/c1-18-5-7-19(8-6-18)15-29-26(34)27(2)17-32-23(14-22(30-32)24-4-3-13-35-24)25(33)31(27)16-20-9-11-21(28)12-10-20/h3-14H,15-17H2,1-2H3,(H,29,34)/t27-/m0/s1. The predicted molar refractivity (Wildman–Crippen MR) is 138 cm³/mol. The molecular weight excluding hydrogens is 480 g/mol. The van der Waals surface area contributed by atoms with Gasteiger partial charge in [0.25, 0.3) is 5.91 Å². The number of nitrogens with one attached hydrogen (secondary N) is 1. The summed E-state index contributed by atoms with van der Waals surface area (Å²) in [5.74, 6) is -0.450. The van der Waals surface area contributed by atoms with Gasteiger partial charge in [-0.05, 0) is 54.6 Å². The van der Waals surface area contributed by atoms with Crippen molar-refractivity contribution in [2.75, 3.05) is 0 Å². The topological polar surface area (TPSA) is 67.2 Å². The first-order valence-corrected chi connectivity index (χ1v) is 12.6. The van der Waals surface area contributed by atoms with Crippen molar-refractivity contribution < 1.29 is 9.59 Å². The van der Waals surface area contributed by atoms with Crippen LogP contribution < -0.4 is 5.32 Å². The second-order valence-corrected chi connectivity index (χ2v) is 10.4. The number of hydrogen-bond donors (Lipinski definition) is 1. The second-order valence-electron chi connectivity index (χ2n) is 9.01. The zero-order valence-electron chi connectivity index (χ0n) is 19.5. The van der Waals surface area contributed by atoms with Gasteiger partial charge >= 0.3 is 0 Å². The Hall–Kier alpha value is -3.42. The van der Waals surface area contributed by atoms with E-state index in [0.717, 1.165) is 27.3 Å². The maximum atomic E-state index is 13.8. The van der Waals surface area contributed by atoms with Crippen molar-refractivity contribution in [1.29, 1.82) is 0 Å². The minimum atomic E-state index is -1.13. The Bertz CT molecular complexity index is 1360. The monoisotopic (exact) mass is 504 g/mol.